The summed E-state index contributed by atoms with van der Waals surface area (Å²) < 4.78 is 10.7. The maximum Gasteiger partial charge on any atom is 0.227 e. The van der Waals surface area contributed by atoms with Gasteiger partial charge in [-0.1, -0.05) is 29.3 Å². The van der Waals surface area contributed by atoms with Crippen LogP contribution < -0.4 is 0 Å². The molecular weight excluding hydrogens is 313 g/mol. The van der Waals surface area contributed by atoms with Crippen molar-refractivity contribution in [2.75, 3.05) is 33.4 Å². The summed E-state index contributed by atoms with van der Waals surface area (Å²) in [5.41, 5.74) is 0.870. The van der Waals surface area contributed by atoms with Crippen LogP contribution in [0.3, 0.4) is 0 Å². The lowest BCUT2D eigenvalue weighted by molar-refractivity contribution is -0.138. The van der Waals surface area contributed by atoms with Crippen molar-refractivity contribution in [1.29, 1.82) is 0 Å². The number of hydrogen-bond donors (Lipinski definition) is 0. The van der Waals surface area contributed by atoms with Crippen molar-refractivity contribution >= 4 is 29.1 Å². The Hall–Kier alpha value is -0.810. The second-order valence-electron chi connectivity index (χ2n) is 5.04. The molecule has 6 heteroatoms. The summed E-state index contributed by atoms with van der Waals surface area (Å²) >= 11 is 11.9. The Morgan fingerprint density at radius 2 is 2.24 bits per heavy atom. The van der Waals surface area contributed by atoms with Gasteiger partial charge in [0.2, 0.25) is 5.91 Å². The van der Waals surface area contributed by atoms with Crippen molar-refractivity contribution in [3.8, 4) is 0 Å². The van der Waals surface area contributed by atoms with Crippen LogP contribution in [0.4, 0.5) is 0 Å². The van der Waals surface area contributed by atoms with E-state index in [0.717, 1.165) is 12.0 Å². The van der Waals surface area contributed by atoms with Gasteiger partial charge in [0, 0.05) is 26.8 Å². The summed E-state index contributed by atoms with van der Waals surface area (Å²) in [5.74, 6) is 0.0825. The van der Waals surface area contributed by atoms with E-state index in [-0.39, 0.29) is 12.0 Å². The lowest BCUT2D eigenvalue weighted by Crippen LogP contribution is -2.46. The highest BCUT2D eigenvalue weighted by Crippen LogP contribution is 2.23. The summed E-state index contributed by atoms with van der Waals surface area (Å²) in [7, 11) is 1.66. The number of amides is 1. The van der Waals surface area contributed by atoms with Gasteiger partial charge in [0.05, 0.1) is 29.2 Å². The number of morpholine rings is 1. The van der Waals surface area contributed by atoms with Crippen LogP contribution in [0.1, 0.15) is 12.0 Å². The van der Waals surface area contributed by atoms with Crippen LogP contribution in [0, 0.1) is 0 Å². The van der Waals surface area contributed by atoms with Crippen molar-refractivity contribution in [2.45, 2.75) is 18.9 Å². The first kappa shape index (κ1) is 16.6. The first-order valence-corrected chi connectivity index (χ1v) is 7.68. The number of halogens is 2. The Balaban J connectivity index is 1.91. The first-order valence-electron chi connectivity index (χ1n) is 6.92. The maximum atomic E-state index is 12.3. The molecule has 116 valence electrons. The van der Waals surface area contributed by atoms with Gasteiger partial charge in [0.15, 0.2) is 0 Å². The highest BCUT2D eigenvalue weighted by Gasteiger charge is 2.24. The van der Waals surface area contributed by atoms with Crippen molar-refractivity contribution in [3.05, 3.63) is 33.8 Å². The SMILES string of the molecule is COCC[C@H]1CN(C(=O)Cc2ccc(Cl)c(Cl)c2)CCO1. The van der Waals surface area contributed by atoms with E-state index in [2.05, 4.69) is 0 Å². The van der Waals surface area contributed by atoms with E-state index in [9.17, 15) is 4.79 Å². The Bertz CT molecular complexity index is 496. The zero-order chi connectivity index (χ0) is 15.2. The highest BCUT2D eigenvalue weighted by atomic mass is 35.5. The van der Waals surface area contributed by atoms with Crippen LogP contribution in [-0.2, 0) is 20.7 Å². The summed E-state index contributed by atoms with van der Waals surface area (Å²) in [6.45, 7) is 2.45. The Kier molecular flexibility index (Phi) is 6.30. The molecule has 0 saturated carbocycles. The van der Waals surface area contributed by atoms with E-state index in [1.807, 2.05) is 11.0 Å². The van der Waals surface area contributed by atoms with Crippen LogP contribution in [0.15, 0.2) is 18.2 Å². The van der Waals surface area contributed by atoms with E-state index >= 15 is 0 Å². The summed E-state index contributed by atoms with van der Waals surface area (Å²) in [6, 6.07) is 5.28. The van der Waals surface area contributed by atoms with Crippen molar-refractivity contribution in [2.24, 2.45) is 0 Å². The molecule has 0 radical (unpaired) electrons. The van der Waals surface area contributed by atoms with Gasteiger partial charge in [-0.25, -0.2) is 0 Å². The average molecular weight is 332 g/mol. The number of rotatable bonds is 5. The highest BCUT2D eigenvalue weighted by molar-refractivity contribution is 6.42. The molecule has 1 aliphatic rings. The van der Waals surface area contributed by atoms with Gasteiger partial charge in [0.1, 0.15) is 0 Å². The second-order valence-corrected chi connectivity index (χ2v) is 5.85. The third kappa shape index (κ3) is 4.85. The van der Waals surface area contributed by atoms with Crippen molar-refractivity contribution < 1.29 is 14.3 Å². The van der Waals surface area contributed by atoms with E-state index < -0.39 is 0 Å². The largest absolute Gasteiger partial charge is 0.385 e. The quantitative estimate of drug-likeness (QED) is 0.832. The molecule has 2 rings (SSSR count). The molecule has 1 aromatic rings. The number of ether oxygens (including phenoxy) is 2. The molecule has 0 aromatic heterocycles. The Morgan fingerprint density at radius 3 is 2.95 bits per heavy atom. The fourth-order valence-electron chi connectivity index (χ4n) is 2.31. The molecule has 1 saturated heterocycles. The standard InChI is InChI=1S/C15H19Cl2NO3/c1-20-6-4-12-10-18(5-7-21-12)15(19)9-11-2-3-13(16)14(17)8-11/h2-3,8,12H,4-7,9-10H2,1H3/t12-/m0/s1. The molecule has 0 unspecified atom stereocenters. The summed E-state index contributed by atoms with van der Waals surface area (Å²) in [6.07, 6.45) is 1.18. The third-order valence-electron chi connectivity index (χ3n) is 3.47. The number of hydrogen-bond acceptors (Lipinski definition) is 3. The minimum atomic E-state index is 0.0523. The zero-order valence-electron chi connectivity index (χ0n) is 12.0. The van der Waals surface area contributed by atoms with Crippen LogP contribution in [0.2, 0.25) is 10.0 Å². The molecule has 1 amide bonds. The van der Waals surface area contributed by atoms with Gasteiger partial charge in [-0.2, -0.15) is 0 Å². The third-order valence-corrected chi connectivity index (χ3v) is 4.21. The van der Waals surface area contributed by atoms with Crippen molar-refractivity contribution in [3.63, 3.8) is 0 Å². The molecule has 1 aromatic carbocycles. The molecule has 0 bridgehead atoms. The topological polar surface area (TPSA) is 38.8 Å². The zero-order valence-corrected chi connectivity index (χ0v) is 13.5. The number of carbonyl (C=O) groups is 1. The monoisotopic (exact) mass is 331 g/mol. The van der Waals surface area contributed by atoms with Crippen molar-refractivity contribution in [1.82, 2.24) is 4.90 Å². The van der Waals surface area contributed by atoms with Gasteiger partial charge in [-0.3, -0.25) is 4.79 Å². The maximum absolute atomic E-state index is 12.3. The Labute approximate surface area is 134 Å². The smallest absolute Gasteiger partial charge is 0.227 e. The number of methoxy groups -OCH3 is 1. The summed E-state index contributed by atoms with van der Waals surface area (Å²) in [5, 5.41) is 0.973. The summed E-state index contributed by atoms with van der Waals surface area (Å²) in [4.78, 5) is 14.2. The molecule has 1 atom stereocenters. The van der Waals surface area contributed by atoms with E-state index in [0.29, 0.717) is 42.8 Å². The predicted molar refractivity (Wildman–Crippen MR) is 83.0 cm³/mol. The second kappa shape index (κ2) is 7.99. The molecule has 0 spiro atoms. The molecule has 1 fully saturated rings. The van der Waals surface area contributed by atoms with E-state index in [1.54, 1.807) is 19.2 Å². The van der Waals surface area contributed by atoms with Gasteiger partial charge in [0.25, 0.3) is 0 Å². The van der Waals surface area contributed by atoms with Crippen LogP contribution in [-0.4, -0.2) is 50.3 Å². The molecule has 1 aliphatic heterocycles. The minimum absolute atomic E-state index is 0.0523. The lowest BCUT2D eigenvalue weighted by atomic mass is 10.1. The lowest BCUT2D eigenvalue weighted by Gasteiger charge is -2.33. The molecule has 4 nitrogen and oxygen atoms in total. The van der Waals surface area contributed by atoms with Gasteiger partial charge in [-0.15, -0.1) is 0 Å². The van der Waals surface area contributed by atoms with E-state index in [4.69, 9.17) is 32.7 Å². The number of benzene rings is 1. The minimum Gasteiger partial charge on any atom is -0.385 e. The van der Waals surface area contributed by atoms with Crippen LogP contribution in [0.5, 0.6) is 0 Å². The molecule has 0 N–H and O–H groups in total. The predicted octanol–water partition coefficient (Wildman–Crippen LogP) is 2.80. The molecular formula is C15H19Cl2NO3. The van der Waals surface area contributed by atoms with Crippen LogP contribution >= 0.6 is 23.2 Å². The fraction of sp³-hybridized carbons (Fsp3) is 0.533. The normalized spacial score (nSPS) is 18.8. The van der Waals surface area contributed by atoms with Gasteiger partial charge in [-0.05, 0) is 24.1 Å². The number of nitrogens with zero attached hydrogens (tertiary/aromatic N) is 1. The molecule has 21 heavy (non-hydrogen) atoms. The van der Waals surface area contributed by atoms with Crippen LogP contribution in [0.25, 0.3) is 0 Å². The molecule has 0 aliphatic carbocycles. The number of carbonyl (C=O) groups excluding carboxylic acids is 1. The fourth-order valence-corrected chi connectivity index (χ4v) is 2.63. The Morgan fingerprint density at radius 1 is 1.43 bits per heavy atom. The van der Waals surface area contributed by atoms with E-state index in [1.165, 1.54) is 0 Å². The average Bonchev–Trinajstić information content (AvgIpc) is 2.49. The van der Waals surface area contributed by atoms with Gasteiger partial charge >= 0.3 is 0 Å². The first-order chi connectivity index (χ1) is 10.1. The van der Waals surface area contributed by atoms with Gasteiger partial charge < -0.3 is 14.4 Å². The molecule has 1 heterocycles.